The maximum atomic E-state index is 14.2. The van der Waals surface area contributed by atoms with Gasteiger partial charge in [0.15, 0.2) is 21.3 Å². The summed E-state index contributed by atoms with van der Waals surface area (Å²) in [5.74, 6) is 0.0795. The van der Waals surface area contributed by atoms with Crippen LogP contribution in [0.2, 0.25) is 5.02 Å². The number of nitrogens with one attached hydrogen (secondary N) is 3. The fraction of sp³-hybridized carbons (Fsp3) is 0.286. The maximum Gasteiger partial charge on any atom is 0.586 e. The molecule has 236 valence electrons. The molecule has 1 saturated heterocycles. The number of benzene rings is 2. The number of fused-ring (bicyclic) bond motifs is 1. The van der Waals surface area contributed by atoms with Crippen molar-refractivity contribution in [1.82, 2.24) is 25.3 Å². The molecule has 1 unspecified atom stereocenters. The highest BCUT2D eigenvalue weighted by molar-refractivity contribution is 7.90. The van der Waals surface area contributed by atoms with Gasteiger partial charge in [0.2, 0.25) is 11.9 Å². The minimum absolute atomic E-state index is 0.00305. The van der Waals surface area contributed by atoms with Crippen LogP contribution >= 0.6 is 11.6 Å². The predicted octanol–water partition coefficient (Wildman–Crippen LogP) is 4.01. The molecular weight excluding hydrogens is 634 g/mol. The van der Waals surface area contributed by atoms with E-state index >= 15 is 0 Å². The van der Waals surface area contributed by atoms with Gasteiger partial charge in [0.1, 0.15) is 0 Å². The fourth-order valence-corrected chi connectivity index (χ4v) is 5.76. The first kappa shape index (κ1) is 30.5. The molecule has 3 N–H and O–H groups in total. The second-order valence-corrected chi connectivity index (χ2v) is 12.5. The molecule has 45 heavy (non-hydrogen) atoms. The summed E-state index contributed by atoms with van der Waals surface area (Å²) in [6.45, 7) is 2.79. The van der Waals surface area contributed by atoms with Gasteiger partial charge in [0.25, 0.3) is 0 Å². The Morgan fingerprint density at radius 3 is 2.60 bits per heavy atom. The number of sulfone groups is 1. The lowest BCUT2D eigenvalue weighted by Crippen LogP contribution is -2.44. The molecule has 1 fully saturated rings. The summed E-state index contributed by atoms with van der Waals surface area (Å²) in [6, 6.07) is 11.1. The van der Waals surface area contributed by atoms with Gasteiger partial charge in [0.05, 0.1) is 40.1 Å². The highest BCUT2D eigenvalue weighted by Gasteiger charge is 2.45. The average Bonchev–Trinajstić information content (AvgIpc) is 3.34. The third kappa shape index (κ3) is 6.62. The van der Waals surface area contributed by atoms with E-state index < -0.39 is 22.2 Å². The number of ether oxygens (including phenoxy) is 3. The third-order valence-corrected chi connectivity index (χ3v) is 8.41. The van der Waals surface area contributed by atoms with Gasteiger partial charge in [0, 0.05) is 44.2 Å². The maximum absolute atomic E-state index is 14.2. The first-order valence-electron chi connectivity index (χ1n) is 13.6. The zero-order chi connectivity index (χ0) is 31.8. The molecule has 0 aliphatic carbocycles. The topological polar surface area (TPSA) is 153 Å². The summed E-state index contributed by atoms with van der Waals surface area (Å²) in [6.07, 6.45) is -1.29. The van der Waals surface area contributed by atoms with E-state index in [-0.39, 0.29) is 50.3 Å². The minimum atomic E-state index is -3.87. The van der Waals surface area contributed by atoms with Crippen LogP contribution in [0.5, 0.6) is 17.5 Å². The monoisotopic (exact) mass is 660 g/mol. The number of para-hydroxylation sites is 1. The SMILES string of the molecule is COc1nc(Nc2cc(S(C)(=O)=O)ccc2NC(c2cccc3c2OC(F)(F)O3)c2ncccc2Cl)nc(N2CCNCC2)n1. The highest BCUT2D eigenvalue weighted by atomic mass is 35.5. The van der Waals surface area contributed by atoms with E-state index in [1.165, 1.54) is 43.6 Å². The first-order valence-corrected chi connectivity index (χ1v) is 15.9. The standard InChI is InChI=1S/C28H27ClF2N8O5S/c1-42-27-37-25(36-26(38-27)39-13-11-32-12-14-39)35-20-15-16(45(2,40)41)8-9-19(20)34-22(23-18(29)6-4-10-33-23)17-5-3-7-21-24(17)44-28(30,31)43-21/h3-10,15,22,32,34H,11-14H2,1-2H3,(H,35,36,37,38). The number of methoxy groups -OCH3 is 1. The summed E-state index contributed by atoms with van der Waals surface area (Å²) in [5.41, 5.74) is 1.10. The molecule has 1 atom stereocenters. The second-order valence-electron chi connectivity index (χ2n) is 10.1. The van der Waals surface area contributed by atoms with Crippen LogP contribution in [0.15, 0.2) is 59.6 Å². The van der Waals surface area contributed by atoms with Crippen LogP contribution < -0.4 is 35.1 Å². The van der Waals surface area contributed by atoms with Crippen LogP contribution in [0.25, 0.3) is 0 Å². The number of anilines is 4. The Labute approximate surface area is 261 Å². The molecule has 0 radical (unpaired) electrons. The summed E-state index contributed by atoms with van der Waals surface area (Å²) in [5, 5.41) is 9.87. The molecule has 13 nitrogen and oxygen atoms in total. The molecule has 2 aromatic carbocycles. The van der Waals surface area contributed by atoms with Gasteiger partial charge < -0.3 is 35.1 Å². The molecule has 2 aliphatic heterocycles. The molecule has 0 bridgehead atoms. The predicted molar refractivity (Wildman–Crippen MR) is 162 cm³/mol. The van der Waals surface area contributed by atoms with Crippen LogP contribution in [0, 0.1) is 0 Å². The van der Waals surface area contributed by atoms with E-state index in [0.29, 0.717) is 24.7 Å². The Kier molecular flexibility index (Phi) is 8.20. The fourth-order valence-electron chi connectivity index (χ4n) is 4.88. The summed E-state index contributed by atoms with van der Waals surface area (Å²) >= 11 is 6.55. The molecule has 0 saturated carbocycles. The van der Waals surface area contributed by atoms with Crippen molar-refractivity contribution in [2.75, 3.05) is 55.1 Å². The quantitative estimate of drug-likeness (QED) is 0.237. The molecule has 4 heterocycles. The van der Waals surface area contributed by atoms with E-state index in [1.807, 2.05) is 4.90 Å². The van der Waals surface area contributed by atoms with Crippen LogP contribution in [0.4, 0.5) is 32.1 Å². The summed E-state index contributed by atoms with van der Waals surface area (Å²) in [7, 11) is -2.22. The second kappa shape index (κ2) is 12.1. The molecule has 2 aliphatic rings. The van der Waals surface area contributed by atoms with E-state index in [2.05, 4.69) is 40.6 Å². The lowest BCUT2D eigenvalue weighted by atomic mass is 10.0. The molecule has 0 spiro atoms. The van der Waals surface area contributed by atoms with Crippen molar-refractivity contribution in [3.8, 4) is 17.5 Å². The van der Waals surface area contributed by atoms with Gasteiger partial charge in [-0.2, -0.15) is 15.0 Å². The number of halogens is 3. The Hall–Kier alpha value is -4.54. The molecule has 4 aromatic rings. The lowest BCUT2D eigenvalue weighted by molar-refractivity contribution is -0.287. The van der Waals surface area contributed by atoms with E-state index in [1.54, 1.807) is 18.2 Å². The first-order chi connectivity index (χ1) is 21.5. The Morgan fingerprint density at radius 1 is 1.07 bits per heavy atom. The van der Waals surface area contributed by atoms with Gasteiger partial charge in [-0.05, 0) is 36.4 Å². The third-order valence-electron chi connectivity index (χ3n) is 6.98. The van der Waals surface area contributed by atoms with Crippen LogP contribution in [-0.4, -0.2) is 74.2 Å². The van der Waals surface area contributed by atoms with Crippen LogP contribution in [-0.2, 0) is 9.84 Å². The van der Waals surface area contributed by atoms with Crippen molar-refractivity contribution in [3.05, 3.63) is 71.0 Å². The molecule has 17 heteroatoms. The minimum Gasteiger partial charge on any atom is -0.467 e. The number of alkyl halides is 2. The summed E-state index contributed by atoms with van der Waals surface area (Å²) in [4.78, 5) is 19.6. The largest absolute Gasteiger partial charge is 0.586 e. The molecule has 2 aromatic heterocycles. The zero-order valence-corrected chi connectivity index (χ0v) is 25.5. The average molecular weight is 661 g/mol. The van der Waals surface area contributed by atoms with E-state index in [4.69, 9.17) is 21.1 Å². The van der Waals surface area contributed by atoms with E-state index in [9.17, 15) is 17.2 Å². The van der Waals surface area contributed by atoms with Crippen molar-refractivity contribution >= 4 is 44.7 Å². The van der Waals surface area contributed by atoms with Crippen molar-refractivity contribution in [1.29, 1.82) is 0 Å². The Bertz CT molecular complexity index is 1850. The van der Waals surface area contributed by atoms with Crippen molar-refractivity contribution in [2.45, 2.75) is 17.2 Å². The van der Waals surface area contributed by atoms with Crippen LogP contribution in [0.3, 0.4) is 0 Å². The normalized spacial score (nSPS) is 16.2. The molecule has 6 rings (SSSR count). The zero-order valence-electron chi connectivity index (χ0n) is 23.9. The number of aromatic nitrogens is 4. The molecular formula is C28H27ClF2N8O5S. The van der Waals surface area contributed by atoms with Gasteiger partial charge in [-0.15, -0.1) is 8.78 Å². The number of hydrogen-bond donors (Lipinski definition) is 3. The van der Waals surface area contributed by atoms with E-state index in [0.717, 1.165) is 19.3 Å². The highest BCUT2D eigenvalue weighted by Crippen LogP contribution is 2.47. The van der Waals surface area contributed by atoms with Gasteiger partial charge >= 0.3 is 12.3 Å². The van der Waals surface area contributed by atoms with Crippen molar-refractivity contribution in [2.24, 2.45) is 0 Å². The number of rotatable bonds is 9. The number of nitrogens with zero attached hydrogens (tertiary/aromatic N) is 5. The lowest BCUT2D eigenvalue weighted by Gasteiger charge is -2.27. The smallest absolute Gasteiger partial charge is 0.467 e. The Morgan fingerprint density at radius 2 is 1.87 bits per heavy atom. The molecule has 0 amide bonds. The van der Waals surface area contributed by atoms with Crippen molar-refractivity contribution in [3.63, 3.8) is 0 Å². The van der Waals surface area contributed by atoms with Gasteiger partial charge in [-0.25, -0.2) is 8.42 Å². The number of pyridine rings is 1. The number of piperazine rings is 1. The van der Waals surface area contributed by atoms with Crippen molar-refractivity contribution < 1.29 is 31.4 Å². The number of hydrogen-bond acceptors (Lipinski definition) is 13. The Balaban J connectivity index is 1.45. The van der Waals surface area contributed by atoms with Gasteiger partial charge in [-0.1, -0.05) is 23.7 Å². The van der Waals surface area contributed by atoms with Crippen LogP contribution in [0.1, 0.15) is 17.3 Å². The summed E-state index contributed by atoms with van der Waals surface area (Å²) < 4.78 is 68.3. The van der Waals surface area contributed by atoms with Gasteiger partial charge in [-0.3, -0.25) is 4.98 Å².